The molecule has 3 rings (SSSR count). The van der Waals surface area contributed by atoms with Crippen molar-refractivity contribution in [3.63, 3.8) is 0 Å². The average Bonchev–Trinajstić information content (AvgIpc) is 3.50. The van der Waals surface area contributed by atoms with Gasteiger partial charge in [0.2, 0.25) is 0 Å². The van der Waals surface area contributed by atoms with Crippen LogP contribution >= 0.6 is 0 Å². The molecule has 0 bridgehead atoms. The van der Waals surface area contributed by atoms with Gasteiger partial charge in [0.15, 0.2) is 18.1 Å². The van der Waals surface area contributed by atoms with Crippen molar-refractivity contribution in [3.8, 4) is 11.5 Å². The molecule has 0 unspecified atom stereocenters. The van der Waals surface area contributed by atoms with Crippen LogP contribution in [0, 0.1) is 0 Å². The Morgan fingerprint density at radius 3 is 2.44 bits per heavy atom. The highest BCUT2D eigenvalue weighted by Gasteiger charge is 2.33. The third kappa shape index (κ3) is 5.00. The van der Waals surface area contributed by atoms with Gasteiger partial charge in [-0.05, 0) is 43.5 Å². The maximum atomic E-state index is 13.1. The summed E-state index contributed by atoms with van der Waals surface area (Å²) in [5.74, 6) is -0.440. The monoisotopic (exact) mass is 369 g/mol. The SMILES string of the molecule is CCOc1cc(C(=O)N(Cc2ccccc2)C2CC2)ccc1OCC(=O)O. The summed E-state index contributed by atoms with van der Waals surface area (Å²) in [5, 5.41) is 8.79. The number of rotatable bonds is 9. The second-order valence-electron chi connectivity index (χ2n) is 6.43. The number of hydrogen-bond acceptors (Lipinski definition) is 4. The number of hydrogen-bond donors (Lipinski definition) is 1. The summed E-state index contributed by atoms with van der Waals surface area (Å²) >= 11 is 0. The van der Waals surface area contributed by atoms with Crippen molar-refractivity contribution in [1.82, 2.24) is 4.90 Å². The van der Waals surface area contributed by atoms with Crippen molar-refractivity contribution >= 4 is 11.9 Å². The van der Waals surface area contributed by atoms with Crippen LogP contribution in [0.2, 0.25) is 0 Å². The number of benzene rings is 2. The molecule has 0 radical (unpaired) electrons. The second kappa shape index (κ2) is 8.58. The lowest BCUT2D eigenvalue weighted by Gasteiger charge is -2.23. The molecule has 2 aromatic rings. The third-order valence-electron chi connectivity index (χ3n) is 4.29. The largest absolute Gasteiger partial charge is 0.490 e. The van der Waals surface area contributed by atoms with Crippen LogP contribution in [0.1, 0.15) is 35.7 Å². The van der Waals surface area contributed by atoms with Gasteiger partial charge in [-0.1, -0.05) is 30.3 Å². The van der Waals surface area contributed by atoms with Gasteiger partial charge < -0.3 is 19.5 Å². The Morgan fingerprint density at radius 2 is 1.81 bits per heavy atom. The van der Waals surface area contributed by atoms with Crippen molar-refractivity contribution < 1.29 is 24.2 Å². The minimum absolute atomic E-state index is 0.0629. The Balaban J connectivity index is 1.81. The normalized spacial score (nSPS) is 13.1. The molecule has 27 heavy (non-hydrogen) atoms. The van der Waals surface area contributed by atoms with Gasteiger partial charge in [0.1, 0.15) is 0 Å². The van der Waals surface area contributed by atoms with E-state index in [2.05, 4.69) is 0 Å². The van der Waals surface area contributed by atoms with Crippen LogP contribution < -0.4 is 9.47 Å². The predicted molar refractivity (Wildman–Crippen MR) is 100 cm³/mol. The van der Waals surface area contributed by atoms with E-state index in [1.54, 1.807) is 18.2 Å². The lowest BCUT2D eigenvalue weighted by atomic mass is 10.1. The Hall–Kier alpha value is -3.02. The molecule has 1 fully saturated rings. The molecule has 0 heterocycles. The molecule has 0 spiro atoms. The summed E-state index contributed by atoms with van der Waals surface area (Å²) in [6.07, 6.45) is 2.02. The van der Waals surface area contributed by atoms with E-state index in [0.717, 1.165) is 18.4 Å². The van der Waals surface area contributed by atoms with Crippen LogP contribution in [-0.4, -0.2) is 41.1 Å². The van der Waals surface area contributed by atoms with E-state index in [9.17, 15) is 9.59 Å². The molecule has 1 N–H and O–H groups in total. The van der Waals surface area contributed by atoms with Crippen LogP contribution in [0.25, 0.3) is 0 Å². The molecule has 0 aliphatic heterocycles. The number of carboxylic acid groups (broad SMARTS) is 1. The summed E-state index contributed by atoms with van der Waals surface area (Å²) in [4.78, 5) is 25.7. The number of aliphatic carboxylic acids is 1. The second-order valence-corrected chi connectivity index (χ2v) is 6.43. The first-order valence-corrected chi connectivity index (χ1v) is 9.04. The first kappa shape index (κ1) is 18.8. The lowest BCUT2D eigenvalue weighted by molar-refractivity contribution is -0.139. The van der Waals surface area contributed by atoms with E-state index in [-0.39, 0.29) is 11.9 Å². The van der Waals surface area contributed by atoms with Gasteiger partial charge in [-0.15, -0.1) is 0 Å². The fourth-order valence-corrected chi connectivity index (χ4v) is 2.87. The van der Waals surface area contributed by atoms with Crippen LogP contribution in [0.4, 0.5) is 0 Å². The number of nitrogens with zero attached hydrogens (tertiary/aromatic N) is 1. The average molecular weight is 369 g/mol. The zero-order valence-corrected chi connectivity index (χ0v) is 15.3. The minimum atomic E-state index is -1.07. The summed E-state index contributed by atoms with van der Waals surface area (Å²) < 4.78 is 10.8. The zero-order chi connectivity index (χ0) is 19.2. The smallest absolute Gasteiger partial charge is 0.341 e. The van der Waals surface area contributed by atoms with E-state index in [0.29, 0.717) is 30.2 Å². The molecule has 6 heteroatoms. The molecule has 1 aliphatic carbocycles. The van der Waals surface area contributed by atoms with E-state index in [1.807, 2.05) is 42.2 Å². The molecule has 1 saturated carbocycles. The topological polar surface area (TPSA) is 76.1 Å². The van der Waals surface area contributed by atoms with Crippen LogP contribution in [0.3, 0.4) is 0 Å². The highest BCUT2D eigenvalue weighted by atomic mass is 16.5. The fourth-order valence-electron chi connectivity index (χ4n) is 2.87. The quantitative estimate of drug-likeness (QED) is 0.734. The van der Waals surface area contributed by atoms with Gasteiger partial charge in [0.25, 0.3) is 5.91 Å². The Bertz CT molecular complexity index is 801. The molecule has 2 aromatic carbocycles. The van der Waals surface area contributed by atoms with Gasteiger partial charge >= 0.3 is 5.97 Å². The van der Waals surface area contributed by atoms with Gasteiger partial charge in [0.05, 0.1) is 6.61 Å². The van der Waals surface area contributed by atoms with E-state index in [1.165, 1.54) is 0 Å². The number of amides is 1. The van der Waals surface area contributed by atoms with Gasteiger partial charge in [-0.2, -0.15) is 0 Å². The van der Waals surface area contributed by atoms with E-state index in [4.69, 9.17) is 14.6 Å². The fraction of sp³-hybridized carbons (Fsp3) is 0.333. The summed E-state index contributed by atoms with van der Waals surface area (Å²) in [6.45, 7) is 2.31. The maximum Gasteiger partial charge on any atom is 0.341 e. The highest BCUT2D eigenvalue weighted by molar-refractivity contribution is 5.95. The van der Waals surface area contributed by atoms with Crippen molar-refractivity contribution in [2.24, 2.45) is 0 Å². The Morgan fingerprint density at radius 1 is 1.07 bits per heavy atom. The first-order chi connectivity index (χ1) is 13.1. The highest BCUT2D eigenvalue weighted by Crippen LogP contribution is 2.33. The molecule has 0 aromatic heterocycles. The molecule has 6 nitrogen and oxygen atoms in total. The summed E-state index contributed by atoms with van der Waals surface area (Å²) in [7, 11) is 0. The number of ether oxygens (including phenoxy) is 2. The van der Waals surface area contributed by atoms with Crippen molar-refractivity contribution in [2.45, 2.75) is 32.4 Å². The van der Waals surface area contributed by atoms with Gasteiger partial charge in [-0.3, -0.25) is 4.79 Å². The Labute approximate surface area is 158 Å². The van der Waals surface area contributed by atoms with Crippen molar-refractivity contribution in [2.75, 3.05) is 13.2 Å². The Kier molecular flexibility index (Phi) is 5.96. The third-order valence-corrected chi connectivity index (χ3v) is 4.29. The minimum Gasteiger partial charge on any atom is -0.490 e. The molecule has 0 atom stereocenters. The predicted octanol–water partition coefficient (Wildman–Crippen LogP) is 3.35. The number of carbonyl (C=O) groups is 2. The van der Waals surface area contributed by atoms with Crippen LogP contribution in [0.5, 0.6) is 11.5 Å². The van der Waals surface area contributed by atoms with E-state index < -0.39 is 12.6 Å². The van der Waals surface area contributed by atoms with Gasteiger partial charge in [-0.25, -0.2) is 4.79 Å². The number of carboxylic acids is 1. The molecular weight excluding hydrogens is 346 g/mol. The molecule has 1 amide bonds. The lowest BCUT2D eigenvalue weighted by Crippen LogP contribution is -2.32. The number of carbonyl (C=O) groups excluding carboxylic acids is 1. The van der Waals surface area contributed by atoms with E-state index >= 15 is 0 Å². The van der Waals surface area contributed by atoms with Crippen LogP contribution in [0.15, 0.2) is 48.5 Å². The van der Waals surface area contributed by atoms with Crippen molar-refractivity contribution in [1.29, 1.82) is 0 Å². The summed E-state index contributed by atoms with van der Waals surface area (Å²) in [6, 6.07) is 15.0. The molecule has 1 aliphatic rings. The summed E-state index contributed by atoms with van der Waals surface area (Å²) in [5.41, 5.74) is 1.59. The van der Waals surface area contributed by atoms with Crippen LogP contribution in [-0.2, 0) is 11.3 Å². The molecular formula is C21H23NO5. The van der Waals surface area contributed by atoms with Crippen molar-refractivity contribution in [3.05, 3.63) is 59.7 Å². The first-order valence-electron chi connectivity index (χ1n) is 9.04. The molecule has 142 valence electrons. The van der Waals surface area contributed by atoms with Gasteiger partial charge in [0, 0.05) is 18.2 Å². The molecule has 0 saturated heterocycles. The standard InChI is InChI=1S/C21H23NO5/c1-2-26-19-12-16(8-11-18(19)27-14-20(23)24)21(25)22(17-9-10-17)13-15-6-4-3-5-7-15/h3-8,11-12,17H,2,9-10,13-14H2,1H3,(H,23,24). The maximum absolute atomic E-state index is 13.1. The zero-order valence-electron chi connectivity index (χ0n) is 15.3.